The minimum absolute atomic E-state index is 0.238. The lowest BCUT2D eigenvalue weighted by molar-refractivity contribution is 0.386. The summed E-state index contributed by atoms with van der Waals surface area (Å²) in [7, 11) is 3.16. The van der Waals surface area contributed by atoms with Crippen LogP contribution in [0, 0.1) is 5.82 Å². The monoisotopic (exact) mass is 236 g/mol. The molecule has 4 nitrogen and oxygen atoms in total. The van der Waals surface area contributed by atoms with Gasteiger partial charge in [-0.15, -0.1) is 0 Å². The Balaban J connectivity index is 2.15. The average molecular weight is 236 g/mol. The standard InChI is InChI=1S/C12H13FN2O2/c1-14-12-15-7-9(17-12)5-8-3-4-11(16-2)10(13)6-8/h3-4,6-7H,5H2,1-2H3,(H,14,15). The number of halogens is 1. The van der Waals surface area contributed by atoms with Crippen LogP contribution in [0.2, 0.25) is 0 Å². The molecule has 0 saturated heterocycles. The van der Waals surface area contributed by atoms with Crippen molar-refractivity contribution in [1.29, 1.82) is 0 Å². The summed E-state index contributed by atoms with van der Waals surface area (Å²) in [4.78, 5) is 3.99. The molecule has 1 aromatic carbocycles. The molecule has 5 heteroatoms. The Hall–Kier alpha value is -2.04. The number of hydrogen-bond donors (Lipinski definition) is 1. The van der Waals surface area contributed by atoms with Gasteiger partial charge in [0.05, 0.1) is 13.3 Å². The second-order valence-corrected chi connectivity index (χ2v) is 3.53. The Morgan fingerprint density at radius 1 is 1.47 bits per heavy atom. The van der Waals surface area contributed by atoms with Crippen LogP contribution in [-0.2, 0) is 6.42 Å². The van der Waals surface area contributed by atoms with E-state index in [2.05, 4.69) is 10.3 Å². The van der Waals surface area contributed by atoms with Gasteiger partial charge in [0.25, 0.3) is 6.01 Å². The highest BCUT2D eigenvalue weighted by atomic mass is 19.1. The fraction of sp³-hybridized carbons (Fsp3) is 0.250. The number of aromatic nitrogens is 1. The first-order chi connectivity index (χ1) is 8.22. The third kappa shape index (κ3) is 2.55. The second-order valence-electron chi connectivity index (χ2n) is 3.53. The second kappa shape index (κ2) is 4.86. The van der Waals surface area contributed by atoms with Crippen LogP contribution in [0.3, 0.4) is 0 Å². The largest absolute Gasteiger partial charge is 0.494 e. The van der Waals surface area contributed by atoms with E-state index >= 15 is 0 Å². The molecule has 0 aliphatic rings. The number of ether oxygens (including phenoxy) is 1. The van der Waals surface area contributed by atoms with Crippen molar-refractivity contribution >= 4 is 6.01 Å². The van der Waals surface area contributed by atoms with Gasteiger partial charge in [0.2, 0.25) is 0 Å². The van der Waals surface area contributed by atoms with Crippen molar-refractivity contribution < 1.29 is 13.5 Å². The maximum absolute atomic E-state index is 13.4. The Kier molecular flexibility index (Phi) is 3.27. The fourth-order valence-electron chi connectivity index (χ4n) is 1.53. The molecule has 0 aliphatic carbocycles. The molecule has 1 N–H and O–H groups in total. The van der Waals surface area contributed by atoms with E-state index in [0.29, 0.717) is 18.2 Å². The van der Waals surface area contributed by atoms with Crippen molar-refractivity contribution in [1.82, 2.24) is 4.98 Å². The Morgan fingerprint density at radius 2 is 2.29 bits per heavy atom. The zero-order valence-electron chi connectivity index (χ0n) is 9.66. The molecule has 1 aromatic heterocycles. The molecular weight excluding hydrogens is 223 g/mol. The molecular formula is C12H13FN2O2. The quantitative estimate of drug-likeness (QED) is 0.885. The maximum atomic E-state index is 13.4. The Labute approximate surface area is 98.4 Å². The zero-order chi connectivity index (χ0) is 12.3. The summed E-state index contributed by atoms with van der Waals surface area (Å²) < 4.78 is 23.6. The summed E-state index contributed by atoms with van der Waals surface area (Å²) in [6.07, 6.45) is 2.11. The molecule has 0 aliphatic heterocycles. The van der Waals surface area contributed by atoms with Crippen molar-refractivity contribution in [2.24, 2.45) is 0 Å². The smallest absolute Gasteiger partial charge is 0.294 e. The summed E-state index contributed by atoms with van der Waals surface area (Å²) >= 11 is 0. The minimum Gasteiger partial charge on any atom is -0.494 e. The van der Waals surface area contributed by atoms with Gasteiger partial charge in [-0.25, -0.2) is 9.37 Å². The van der Waals surface area contributed by atoms with E-state index in [0.717, 1.165) is 5.56 Å². The SMILES string of the molecule is CNc1ncc(Cc2ccc(OC)c(F)c2)o1. The van der Waals surface area contributed by atoms with E-state index < -0.39 is 0 Å². The van der Waals surface area contributed by atoms with Crippen LogP contribution in [0.5, 0.6) is 5.75 Å². The third-order valence-corrected chi connectivity index (χ3v) is 2.36. The lowest BCUT2D eigenvalue weighted by Gasteiger charge is -2.03. The van der Waals surface area contributed by atoms with Crippen LogP contribution in [-0.4, -0.2) is 19.1 Å². The number of anilines is 1. The van der Waals surface area contributed by atoms with Gasteiger partial charge in [-0.2, -0.15) is 0 Å². The van der Waals surface area contributed by atoms with Crippen molar-refractivity contribution in [3.8, 4) is 5.75 Å². The summed E-state index contributed by atoms with van der Waals surface area (Å²) in [5, 5.41) is 2.79. The molecule has 0 saturated carbocycles. The van der Waals surface area contributed by atoms with Crippen molar-refractivity contribution in [2.75, 3.05) is 19.5 Å². The van der Waals surface area contributed by atoms with E-state index in [4.69, 9.17) is 9.15 Å². The summed E-state index contributed by atoms with van der Waals surface area (Å²) in [6, 6.07) is 5.28. The normalized spacial score (nSPS) is 10.3. The van der Waals surface area contributed by atoms with Gasteiger partial charge in [0.1, 0.15) is 5.76 Å². The van der Waals surface area contributed by atoms with E-state index in [1.54, 1.807) is 25.4 Å². The first-order valence-electron chi connectivity index (χ1n) is 5.18. The molecule has 2 aromatic rings. The van der Waals surface area contributed by atoms with Crippen LogP contribution < -0.4 is 10.1 Å². The molecule has 0 spiro atoms. The molecule has 0 atom stereocenters. The molecule has 0 bridgehead atoms. The predicted octanol–water partition coefficient (Wildman–Crippen LogP) is 2.45. The van der Waals surface area contributed by atoms with Crippen LogP contribution >= 0.6 is 0 Å². The first-order valence-corrected chi connectivity index (χ1v) is 5.18. The van der Waals surface area contributed by atoms with Gasteiger partial charge >= 0.3 is 0 Å². The number of rotatable bonds is 4. The molecule has 90 valence electrons. The number of benzene rings is 1. The van der Waals surface area contributed by atoms with Crippen molar-refractivity contribution in [3.63, 3.8) is 0 Å². The Bertz CT molecular complexity index is 511. The maximum Gasteiger partial charge on any atom is 0.294 e. The van der Waals surface area contributed by atoms with Crippen molar-refractivity contribution in [3.05, 3.63) is 41.5 Å². The van der Waals surface area contributed by atoms with Gasteiger partial charge < -0.3 is 14.5 Å². The predicted molar refractivity (Wildman–Crippen MR) is 61.8 cm³/mol. The van der Waals surface area contributed by atoms with E-state index in [9.17, 15) is 4.39 Å². The lowest BCUT2D eigenvalue weighted by atomic mass is 10.1. The van der Waals surface area contributed by atoms with E-state index in [1.165, 1.54) is 13.2 Å². The van der Waals surface area contributed by atoms with Crippen LogP contribution in [0.15, 0.2) is 28.8 Å². The van der Waals surface area contributed by atoms with Gasteiger partial charge in [-0.1, -0.05) is 6.07 Å². The number of nitrogens with zero attached hydrogens (tertiary/aromatic N) is 1. The highest BCUT2D eigenvalue weighted by Gasteiger charge is 2.07. The summed E-state index contributed by atoms with van der Waals surface area (Å²) in [5.74, 6) is 0.541. The average Bonchev–Trinajstić information content (AvgIpc) is 2.77. The molecule has 17 heavy (non-hydrogen) atoms. The highest BCUT2D eigenvalue weighted by molar-refractivity contribution is 5.31. The van der Waals surface area contributed by atoms with Gasteiger partial charge in [-0.3, -0.25) is 0 Å². The third-order valence-electron chi connectivity index (χ3n) is 2.36. The fourth-order valence-corrected chi connectivity index (χ4v) is 1.53. The number of nitrogens with one attached hydrogen (secondary N) is 1. The molecule has 2 rings (SSSR count). The molecule has 0 fully saturated rings. The number of hydrogen-bond acceptors (Lipinski definition) is 4. The summed E-state index contributed by atoms with van der Waals surface area (Å²) in [5.41, 5.74) is 0.808. The number of methoxy groups -OCH3 is 1. The highest BCUT2D eigenvalue weighted by Crippen LogP contribution is 2.20. The van der Waals surface area contributed by atoms with Crippen LogP contribution in [0.25, 0.3) is 0 Å². The van der Waals surface area contributed by atoms with Crippen LogP contribution in [0.1, 0.15) is 11.3 Å². The van der Waals surface area contributed by atoms with E-state index in [1.807, 2.05) is 0 Å². The topological polar surface area (TPSA) is 47.3 Å². The minimum atomic E-state index is -0.377. The van der Waals surface area contributed by atoms with Crippen molar-refractivity contribution in [2.45, 2.75) is 6.42 Å². The summed E-state index contributed by atoms with van der Waals surface area (Å²) in [6.45, 7) is 0. The zero-order valence-corrected chi connectivity index (χ0v) is 9.66. The molecule has 0 amide bonds. The van der Waals surface area contributed by atoms with Gasteiger partial charge in [-0.05, 0) is 17.7 Å². The molecule has 0 radical (unpaired) electrons. The number of oxazole rings is 1. The molecule has 1 heterocycles. The van der Waals surface area contributed by atoms with E-state index in [-0.39, 0.29) is 11.6 Å². The first kappa shape index (κ1) is 11.4. The lowest BCUT2D eigenvalue weighted by Crippen LogP contribution is -1.91. The Morgan fingerprint density at radius 3 is 2.88 bits per heavy atom. The van der Waals surface area contributed by atoms with Gasteiger partial charge in [0.15, 0.2) is 11.6 Å². The van der Waals surface area contributed by atoms with Gasteiger partial charge in [0, 0.05) is 13.5 Å². The molecule has 0 unspecified atom stereocenters. The van der Waals surface area contributed by atoms with Crippen LogP contribution in [0.4, 0.5) is 10.4 Å².